The minimum absolute atomic E-state index is 0.0874. The first-order valence-electron chi connectivity index (χ1n) is 7.87. The molecule has 2 aromatic carbocycles. The summed E-state index contributed by atoms with van der Waals surface area (Å²) in [5.41, 5.74) is 1.53. The Morgan fingerprint density at radius 1 is 1.04 bits per heavy atom. The molecule has 5 heteroatoms. The summed E-state index contributed by atoms with van der Waals surface area (Å²) in [6.07, 6.45) is -0.267. The van der Waals surface area contributed by atoms with Gasteiger partial charge in [0.1, 0.15) is 6.10 Å². The Kier molecular flexibility index (Phi) is 4.62. The van der Waals surface area contributed by atoms with Gasteiger partial charge in [-0.05, 0) is 30.7 Å². The van der Waals surface area contributed by atoms with Crippen LogP contribution in [0.1, 0.15) is 39.3 Å². The van der Waals surface area contributed by atoms with Gasteiger partial charge in [0.25, 0.3) is 5.91 Å². The molecule has 24 heavy (non-hydrogen) atoms. The first-order valence-corrected chi connectivity index (χ1v) is 7.87. The van der Waals surface area contributed by atoms with Gasteiger partial charge in [0.15, 0.2) is 0 Å². The highest BCUT2D eigenvalue weighted by atomic mass is 16.5. The number of amides is 1. The van der Waals surface area contributed by atoms with E-state index in [-0.39, 0.29) is 23.7 Å². The number of nitrogens with zero attached hydrogens (tertiary/aromatic N) is 1. The lowest BCUT2D eigenvalue weighted by Gasteiger charge is -2.37. The average Bonchev–Trinajstić information content (AvgIpc) is 2.61. The molecule has 124 valence electrons. The molecule has 1 fully saturated rings. The molecule has 1 heterocycles. The fraction of sp³-hybridized carbons (Fsp3) is 0.263. The number of ether oxygens (including phenoxy) is 1. The number of carbonyl (C=O) groups excluding carboxylic acids is 1. The standard InChI is InChI=1S/C19H19NO4/c1-13-11-20(12-17(24-13)14-6-3-2-4-7-14)18(21)15-8-5-9-16(10-15)19(22)23/h2-10,13,17H,11-12H2,1H3,(H,22,23)/t13-,17-/m0/s1. The SMILES string of the molecule is C[C@H]1CN(C(=O)c2cccc(C(=O)O)c2)C[C@@H](c2ccccc2)O1. The quantitative estimate of drug-likeness (QED) is 0.942. The van der Waals surface area contributed by atoms with Gasteiger partial charge in [-0.2, -0.15) is 0 Å². The lowest BCUT2D eigenvalue weighted by Crippen LogP contribution is -2.46. The van der Waals surface area contributed by atoms with E-state index in [1.165, 1.54) is 12.1 Å². The monoisotopic (exact) mass is 325 g/mol. The molecule has 1 N–H and O–H groups in total. The topological polar surface area (TPSA) is 66.8 Å². The number of rotatable bonds is 3. The normalized spacial score (nSPS) is 20.6. The van der Waals surface area contributed by atoms with Gasteiger partial charge in [-0.3, -0.25) is 4.79 Å². The molecule has 0 saturated carbocycles. The van der Waals surface area contributed by atoms with Crippen LogP contribution in [0.5, 0.6) is 0 Å². The van der Waals surface area contributed by atoms with Crippen LogP contribution in [0.4, 0.5) is 0 Å². The van der Waals surface area contributed by atoms with Crippen molar-refractivity contribution in [3.8, 4) is 0 Å². The van der Waals surface area contributed by atoms with Gasteiger partial charge < -0.3 is 14.7 Å². The van der Waals surface area contributed by atoms with E-state index in [1.54, 1.807) is 17.0 Å². The maximum absolute atomic E-state index is 12.8. The highest BCUT2D eigenvalue weighted by molar-refractivity contribution is 5.97. The van der Waals surface area contributed by atoms with Crippen LogP contribution in [0.3, 0.4) is 0 Å². The molecule has 3 rings (SSSR count). The van der Waals surface area contributed by atoms with E-state index >= 15 is 0 Å². The van der Waals surface area contributed by atoms with Crippen LogP contribution in [0, 0.1) is 0 Å². The highest BCUT2D eigenvalue weighted by Gasteiger charge is 2.30. The minimum Gasteiger partial charge on any atom is -0.478 e. The molecule has 1 aliphatic heterocycles. The highest BCUT2D eigenvalue weighted by Crippen LogP contribution is 2.26. The Morgan fingerprint density at radius 2 is 1.75 bits per heavy atom. The van der Waals surface area contributed by atoms with E-state index in [9.17, 15) is 9.59 Å². The van der Waals surface area contributed by atoms with E-state index < -0.39 is 5.97 Å². The Balaban J connectivity index is 1.81. The van der Waals surface area contributed by atoms with E-state index in [0.29, 0.717) is 18.7 Å². The molecule has 0 aromatic heterocycles. The summed E-state index contributed by atoms with van der Waals surface area (Å²) in [4.78, 5) is 25.6. The second-order valence-corrected chi connectivity index (χ2v) is 5.94. The van der Waals surface area contributed by atoms with Crippen LogP contribution in [0.25, 0.3) is 0 Å². The maximum Gasteiger partial charge on any atom is 0.335 e. The molecule has 0 aliphatic carbocycles. The smallest absolute Gasteiger partial charge is 0.335 e. The van der Waals surface area contributed by atoms with Crippen molar-refractivity contribution in [1.29, 1.82) is 0 Å². The second-order valence-electron chi connectivity index (χ2n) is 5.94. The van der Waals surface area contributed by atoms with Gasteiger partial charge in [0.05, 0.1) is 18.2 Å². The van der Waals surface area contributed by atoms with Gasteiger partial charge in [0, 0.05) is 12.1 Å². The van der Waals surface area contributed by atoms with Gasteiger partial charge in [-0.25, -0.2) is 4.79 Å². The number of carboxylic acid groups (broad SMARTS) is 1. The summed E-state index contributed by atoms with van der Waals surface area (Å²) >= 11 is 0. The molecule has 1 saturated heterocycles. The third kappa shape index (κ3) is 3.46. The predicted octanol–water partition coefficient (Wildman–Crippen LogP) is 2.99. The Bertz CT molecular complexity index is 744. The second kappa shape index (κ2) is 6.84. The molecule has 0 spiro atoms. The maximum atomic E-state index is 12.8. The van der Waals surface area contributed by atoms with E-state index in [0.717, 1.165) is 5.56 Å². The van der Waals surface area contributed by atoms with Gasteiger partial charge in [-0.15, -0.1) is 0 Å². The van der Waals surface area contributed by atoms with E-state index in [2.05, 4.69) is 0 Å². The lowest BCUT2D eigenvalue weighted by molar-refractivity contribution is -0.0691. The van der Waals surface area contributed by atoms with Crippen LogP contribution in [-0.2, 0) is 4.74 Å². The number of benzene rings is 2. The zero-order valence-electron chi connectivity index (χ0n) is 13.4. The number of aromatic carboxylic acids is 1. The first-order chi connectivity index (χ1) is 11.5. The third-order valence-corrected chi connectivity index (χ3v) is 4.08. The summed E-state index contributed by atoms with van der Waals surface area (Å²) in [5.74, 6) is -1.21. The fourth-order valence-electron chi connectivity index (χ4n) is 2.94. The molecule has 0 unspecified atom stereocenters. The van der Waals surface area contributed by atoms with Crippen LogP contribution < -0.4 is 0 Å². The van der Waals surface area contributed by atoms with Crippen molar-refractivity contribution in [2.75, 3.05) is 13.1 Å². The number of morpholine rings is 1. The molecular weight excluding hydrogens is 306 g/mol. The molecule has 2 aromatic rings. The molecular formula is C19H19NO4. The molecule has 0 radical (unpaired) electrons. The third-order valence-electron chi connectivity index (χ3n) is 4.08. The minimum atomic E-state index is -1.04. The summed E-state index contributed by atoms with van der Waals surface area (Å²) < 4.78 is 5.96. The summed E-state index contributed by atoms with van der Waals surface area (Å²) in [7, 11) is 0. The zero-order chi connectivity index (χ0) is 17.1. The first kappa shape index (κ1) is 16.2. The molecule has 0 bridgehead atoms. The van der Waals surface area contributed by atoms with Crippen LogP contribution in [0.2, 0.25) is 0 Å². The molecule has 2 atom stereocenters. The van der Waals surface area contributed by atoms with E-state index in [4.69, 9.17) is 9.84 Å². The van der Waals surface area contributed by atoms with Crippen LogP contribution >= 0.6 is 0 Å². The molecule has 5 nitrogen and oxygen atoms in total. The van der Waals surface area contributed by atoms with Crippen molar-refractivity contribution in [2.24, 2.45) is 0 Å². The van der Waals surface area contributed by atoms with Crippen molar-refractivity contribution in [2.45, 2.75) is 19.1 Å². The van der Waals surface area contributed by atoms with Crippen LogP contribution in [0.15, 0.2) is 54.6 Å². The van der Waals surface area contributed by atoms with Crippen molar-refractivity contribution >= 4 is 11.9 Å². The largest absolute Gasteiger partial charge is 0.478 e. The lowest BCUT2D eigenvalue weighted by atomic mass is 10.0. The van der Waals surface area contributed by atoms with Crippen LogP contribution in [-0.4, -0.2) is 41.1 Å². The van der Waals surface area contributed by atoms with Gasteiger partial charge in [0.2, 0.25) is 0 Å². The number of carboxylic acids is 1. The van der Waals surface area contributed by atoms with Crippen molar-refractivity contribution in [1.82, 2.24) is 4.90 Å². The van der Waals surface area contributed by atoms with Crippen molar-refractivity contribution in [3.63, 3.8) is 0 Å². The molecule has 1 amide bonds. The van der Waals surface area contributed by atoms with E-state index in [1.807, 2.05) is 37.3 Å². The summed E-state index contributed by atoms with van der Waals surface area (Å²) in [5, 5.41) is 9.09. The number of hydrogen-bond donors (Lipinski definition) is 1. The Labute approximate surface area is 140 Å². The van der Waals surface area contributed by atoms with Crippen molar-refractivity contribution in [3.05, 3.63) is 71.3 Å². The predicted molar refractivity (Wildman–Crippen MR) is 89.0 cm³/mol. The van der Waals surface area contributed by atoms with Gasteiger partial charge in [-0.1, -0.05) is 36.4 Å². The number of hydrogen-bond acceptors (Lipinski definition) is 3. The van der Waals surface area contributed by atoms with Crippen molar-refractivity contribution < 1.29 is 19.4 Å². The number of carbonyl (C=O) groups is 2. The summed E-state index contributed by atoms with van der Waals surface area (Å²) in [6.45, 7) is 2.87. The average molecular weight is 325 g/mol. The Morgan fingerprint density at radius 3 is 2.46 bits per heavy atom. The zero-order valence-corrected chi connectivity index (χ0v) is 13.4. The fourth-order valence-corrected chi connectivity index (χ4v) is 2.94. The molecule has 1 aliphatic rings. The Hall–Kier alpha value is -2.66. The summed E-state index contributed by atoms with van der Waals surface area (Å²) in [6, 6.07) is 15.9. The van der Waals surface area contributed by atoms with Gasteiger partial charge >= 0.3 is 5.97 Å².